The van der Waals surface area contributed by atoms with E-state index in [0.717, 1.165) is 11.8 Å². The van der Waals surface area contributed by atoms with Crippen molar-refractivity contribution in [3.8, 4) is 6.07 Å². The third-order valence-electron chi connectivity index (χ3n) is 2.64. The normalized spacial score (nSPS) is 12.1. The largest absolute Gasteiger partial charge is 0.490 e. The van der Waals surface area contributed by atoms with Crippen molar-refractivity contribution in [2.24, 2.45) is 0 Å². The summed E-state index contributed by atoms with van der Waals surface area (Å²) >= 11 is 0. The van der Waals surface area contributed by atoms with Crippen LogP contribution in [0.2, 0.25) is 0 Å². The minimum absolute atomic E-state index is 0.0133. The molecule has 0 fully saturated rings. The topological polar surface area (TPSA) is 70.4 Å². The molecule has 1 rings (SSSR count). The average Bonchev–Trinajstić information content (AvgIpc) is 2.47. The van der Waals surface area contributed by atoms with Gasteiger partial charge in [0.25, 0.3) is 5.91 Å². The van der Waals surface area contributed by atoms with Crippen molar-refractivity contribution < 1.29 is 27.5 Å². The van der Waals surface area contributed by atoms with Crippen LogP contribution in [0.3, 0.4) is 0 Å². The van der Waals surface area contributed by atoms with Crippen LogP contribution >= 0.6 is 0 Å². The summed E-state index contributed by atoms with van der Waals surface area (Å²) in [5.74, 6) is -3.26. The molecular weight excluding hydrogens is 301 g/mol. The molecule has 0 aliphatic carbocycles. The second-order valence-corrected chi connectivity index (χ2v) is 4.28. The number of nitriles is 1. The zero-order valence-electron chi connectivity index (χ0n) is 11.6. The van der Waals surface area contributed by atoms with E-state index in [4.69, 9.17) is 5.26 Å². The molecule has 0 aliphatic rings. The first-order valence-electron chi connectivity index (χ1n) is 6.28. The lowest BCUT2D eigenvalue weighted by Crippen LogP contribution is -2.42. The van der Waals surface area contributed by atoms with Crippen LogP contribution in [0.15, 0.2) is 30.3 Å². The number of ether oxygens (including phenoxy) is 1. The van der Waals surface area contributed by atoms with Gasteiger partial charge in [0.1, 0.15) is 0 Å². The van der Waals surface area contributed by atoms with E-state index in [1.807, 2.05) is 6.07 Å². The van der Waals surface area contributed by atoms with Crippen molar-refractivity contribution in [3.05, 3.63) is 30.3 Å². The van der Waals surface area contributed by atoms with Crippen molar-refractivity contribution in [2.75, 3.05) is 11.4 Å². The molecule has 0 aromatic heterocycles. The van der Waals surface area contributed by atoms with Gasteiger partial charge in [0.15, 0.2) is 6.10 Å². The maximum absolute atomic E-state index is 12.2. The Hall–Kier alpha value is -2.56. The van der Waals surface area contributed by atoms with Crippen LogP contribution < -0.4 is 4.90 Å². The predicted molar refractivity (Wildman–Crippen MR) is 70.6 cm³/mol. The Kier molecular flexibility index (Phi) is 5.92. The SMILES string of the molecule is C[C@@H](OC(=O)C(F)(F)F)C(=O)N(CCC#N)c1ccccc1. The minimum atomic E-state index is -5.17. The summed E-state index contributed by atoms with van der Waals surface area (Å²) in [5, 5.41) is 8.61. The van der Waals surface area contributed by atoms with E-state index in [1.165, 1.54) is 0 Å². The Balaban J connectivity index is 2.88. The lowest BCUT2D eigenvalue weighted by atomic mass is 10.2. The first kappa shape index (κ1) is 17.5. The highest BCUT2D eigenvalue weighted by Gasteiger charge is 2.43. The molecule has 0 bridgehead atoms. The van der Waals surface area contributed by atoms with Crippen molar-refractivity contribution in [1.29, 1.82) is 5.26 Å². The van der Waals surface area contributed by atoms with E-state index in [2.05, 4.69) is 4.74 Å². The molecule has 8 heteroatoms. The molecule has 0 saturated heterocycles. The van der Waals surface area contributed by atoms with Crippen LogP contribution in [-0.4, -0.2) is 30.7 Å². The third kappa shape index (κ3) is 4.77. The van der Waals surface area contributed by atoms with Crippen molar-refractivity contribution in [1.82, 2.24) is 0 Å². The van der Waals surface area contributed by atoms with Crippen LogP contribution in [0, 0.1) is 11.3 Å². The standard InChI is InChI=1S/C14H13F3N2O3/c1-10(22-13(21)14(15,16)17)12(20)19(9-5-8-18)11-6-3-2-4-7-11/h2-4,6-7,10H,5,9H2,1H3/t10-/m1/s1. The third-order valence-corrected chi connectivity index (χ3v) is 2.64. The number of hydrogen-bond acceptors (Lipinski definition) is 4. The number of hydrogen-bond donors (Lipinski definition) is 0. The molecule has 1 atom stereocenters. The maximum atomic E-state index is 12.2. The lowest BCUT2D eigenvalue weighted by Gasteiger charge is -2.25. The summed E-state index contributed by atoms with van der Waals surface area (Å²) in [7, 11) is 0. The Morgan fingerprint density at radius 1 is 1.32 bits per heavy atom. The molecule has 0 radical (unpaired) electrons. The van der Waals surface area contributed by atoms with Gasteiger partial charge >= 0.3 is 12.1 Å². The van der Waals surface area contributed by atoms with E-state index in [9.17, 15) is 22.8 Å². The average molecular weight is 314 g/mol. The number of amides is 1. The van der Waals surface area contributed by atoms with Gasteiger partial charge in [-0.1, -0.05) is 18.2 Å². The van der Waals surface area contributed by atoms with Crippen LogP contribution in [0.25, 0.3) is 0 Å². The molecule has 1 aromatic carbocycles. The van der Waals surface area contributed by atoms with Crippen molar-refractivity contribution in [2.45, 2.75) is 25.6 Å². The fourth-order valence-electron chi connectivity index (χ4n) is 1.63. The Bertz CT molecular complexity index is 567. The number of para-hydroxylation sites is 1. The molecule has 0 spiro atoms. The number of alkyl halides is 3. The minimum Gasteiger partial charge on any atom is -0.446 e. The van der Waals surface area contributed by atoms with E-state index in [1.54, 1.807) is 30.3 Å². The number of carbonyl (C=O) groups excluding carboxylic acids is 2. The summed E-state index contributed by atoms with van der Waals surface area (Å²) in [4.78, 5) is 24.1. The van der Waals surface area contributed by atoms with Gasteiger partial charge in [0, 0.05) is 12.2 Å². The van der Waals surface area contributed by atoms with E-state index in [-0.39, 0.29) is 13.0 Å². The number of rotatable bonds is 5. The quantitative estimate of drug-likeness (QED) is 0.783. The highest BCUT2D eigenvalue weighted by atomic mass is 19.4. The summed E-state index contributed by atoms with van der Waals surface area (Å²) in [6.07, 6.45) is -6.80. The number of halogens is 3. The molecule has 1 amide bonds. The van der Waals surface area contributed by atoms with E-state index >= 15 is 0 Å². The maximum Gasteiger partial charge on any atom is 0.490 e. The van der Waals surface area contributed by atoms with Gasteiger partial charge in [-0.2, -0.15) is 18.4 Å². The summed E-state index contributed by atoms with van der Waals surface area (Å²) in [6.45, 7) is 1.03. The zero-order valence-corrected chi connectivity index (χ0v) is 11.6. The Morgan fingerprint density at radius 2 is 1.91 bits per heavy atom. The second kappa shape index (κ2) is 7.45. The summed E-state index contributed by atoms with van der Waals surface area (Å²) in [5.41, 5.74) is 0.401. The van der Waals surface area contributed by atoms with Crippen molar-refractivity contribution in [3.63, 3.8) is 0 Å². The molecule has 0 saturated carbocycles. The van der Waals surface area contributed by atoms with Crippen LogP contribution in [0.5, 0.6) is 0 Å². The Morgan fingerprint density at radius 3 is 2.41 bits per heavy atom. The van der Waals surface area contributed by atoms with Gasteiger partial charge < -0.3 is 9.64 Å². The second-order valence-electron chi connectivity index (χ2n) is 4.28. The van der Waals surface area contributed by atoms with Gasteiger partial charge in [-0.15, -0.1) is 0 Å². The van der Waals surface area contributed by atoms with Gasteiger partial charge in [-0.3, -0.25) is 4.79 Å². The first-order chi connectivity index (χ1) is 10.3. The summed E-state index contributed by atoms with van der Waals surface area (Å²) in [6, 6.07) is 9.94. The number of carbonyl (C=O) groups is 2. The molecule has 0 aliphatic heterocycles. The number of esters is 1. The molecule has 1 aromatic rings. The van der Waals surface area contributed by atoms with Crippen LogP contribution in [0.4, 0.5) is 18.9 Å². The highest BCUT2D eigenvalue weighted by Crippen LogP contribution is 2.20. The van der Waals surface area contributed by atoms with E-state index < -0.39 is 24.2 Å². The van der Waals surface area contributed by atoms with Crippen LogP contribution in [-0.2, 0) is 14.3 Å². The Labute approximate surface area is 124 Å². The number of benzene rings is 1. The molecular formula is C14H13F3N2O3. The van der Waals surface area contributed by atoms with E-state index in [0.29, 0.717) is 5.69 Å². The fraction of sp³-hybridized carbons (Fsp3) is 0.357. The summed E-state index contributed by atoms with van der Waals surface area (Å²) < 4.78 is 40.6. The molecule has 0 unspecified atom stereocenters. The fourth-order valence-corrected chi connectivity index (χ4v) is 1.63. The smallest absolute Gasteiger partial charge is 0.446 e. The van der Waals surface area contributed by atoms with Gasteiger partial charge in [-0.05, 0) is 19.1 Å². The van der Waals surface area contributed by atoms with Crippen molar-refractivity contribution >= 4 is 17.6 Å². The molecule has 118 valence electrons. The highest BCUT2D eigenvalue weighted by molar-refractivity contribution is 5.97. The van der Waals surface area contributed by atoms with Gasteiger partial charge in [0.2, 0.25) is 0 Å². The number of nitrogens with zero attached hydrogens (tertiary/aromatic N) is 2. The van der Waals surface area contributed by atoms with Crippen LogP contribution in [0.1, 0.15) is 13.3 Å². The first-order valence-corrected chi connectivity index (χ1v) is 6.28. The monoisotopic (exact) mass is 314 g/mol. The predicted octanol–water partition coefficient (Wildman–Crippen LogP) is 2.43. The molecule has 22 heavy (non-hydrogen) atoms. The van der Waals surface area contributed by atoms with Gasteiger partial charge in [0.05, 0.1) is 12.5 Å². The molecule has 0 N–H and O–H groups in total. The number of anilines is 1. The molecule has 0 heterocycles. The van der Waals surface area contributed by atoms with Gasteiger partial charge in [-0.25, -0.2) is 4.79 Å². The lowest BCUT2D eigenvalue weighted by molar-refractivity contribution is -0.204. The molecule has 5 nitrogen and oxygen atoms in total. The zero-order chi connectivity index (χ0) is 16.8.